The first-order valence-electron chi connectivity index (χ1n) is 8.97. The molecular formula is C20H24FN5O. The van der Waals surface area contributed by atoms with Crippen molar-refractivity contribution in [3.8, 4) is 5.69 Å². The molecule has 0 radical (unpaired) electrons. The molecule has 6 nitrogen and oxygen atoms in total. The molecule has 2 aromatic heterocycles. The predicted octanol–water partition coefficient (Wildman–Crippen LogP) is 3.47. The highest BCUT2D eigenvalue weighted by Gasteiger charge is 2.17. The molecule has 0 bridgehead atoms. The lowest BCUT2D eigenvalue weighted by Crippen LogP contribution is -2.27. The third-order valence-electron chi connectivity index (χ3n) is 4.89. The number of halogens is 1. The van der Waals surface area contributed by atoms with Crippen LogP contribution in [0, 0.1) is 26.6 Å². The van der Waals surface area contributed by atoms with Crippen LogP contribution in [0.15, 0.2) is 30.5 Å². The fourth-order valence-corrected chi connectivity index (χ4v) is 3.12. The largest absolute Gasteiger partial charge is 0.349 e. The van der Waals surface area contributed by atoms with Gasteiger partial charge in [-0.25, -0.2) is 9.07 Å². The topological polar surface area (TPSA) is 75.6 Å². The van der Waals surface area contributed by atoms with Gasteiger partial charge in [0.2, 0.25) is 5.91 Å². The van der Waals surface area contributed by atoms with Crippen LogP contribution in [0.3, 0.4) is 0 Å². The number of aromatic amines is 1. The number of carbonyl (C=O) groups is 1. The van der Waals surface area contributed by atoms with Crippen LogP contribution in [0.5, 0.6) is 0 Å². The van der Waals surface area contributed by atoms with Crippen LogP contribution < -0.4 is 5.32 Å². The Hall–Kier alpha value is -2.96. The molecule has 27 heavy (non-hydrogen) atoms. The quantitative estimate of drug-likeness (QED) is 0.699. The molecule has 142 valence electrons. The minimum absolute atomic E-state index is 0.0412. The van der Waals surface area contributed by atoms with Crippen LogP contribution in [-0.2, 0) is 11.2 Å². The molecule has 0 fully saturated rings. The van der Waals surface area contributed by atoms with Crippen molar-refractivity contribution in [2.24, 2.45) is 0 Å². The standard InChI is InChI=1S/C20H24FN5O/c1-12-13(2)24-25-19(12)8-9-20(27)23-14(3)18-11-22-26(15(18)4)17-7-5-6-16(21)10-17/h5-7,10-11,14H,8-9H2,1-4H3,(H,23,27)(H,24,25). The van der Waals surface area contributed by atoms with Crippen molar-refractivity contribution in [1.82, 2.24) is 25.3 Å². The number of amides is 1. The van der Waals surface area contributed by atoms with Gasteiger partial charge in [-0.3, -0.25) is 9.89 Å². The van der Waals surface area contributed by atoms with Gasteiger partial charge in [-0.05, 0) is 51.5 Å². The van der Waals surface area contributed by atoms with Gasteiger partial charge in [0.1, 0.15) is 5.82 Å². The Labute approximate surface area is 157 Å². The van der Waals surface area contributed by atoms with Gasteiger partial charge < -0.3 is 5.32 Å². The monoisotopic (exact) mass is 369 g/mol. The van der Waals surface area contributed by atoms with E-state index in [1.54, 1.807) is 23.0 Å². The number of benzene rings is 1. The smallest absolute Gasteiger partial charge is 0.220 e. The molecule has 2 heterocycles. The molecule has 3 aromatic rings. The number of aromatic nitrogens is 4. The molecule has 0 aliphatic heterocycles. The molecule has 7 heteroatoms. The molecular weight excluding hydrogens is 345 g/mol. The average molecular weight is 369 g/mol. The van der Waals surface area contributed by atoms with Crippen LogP contribution >= 0.6 is 0 Å². The Balaban J connectivity index is 1.65. The zero-order valence-corrected chi connectivity index (χ0v) is 16.0. The molecule has 3 rings (SSSR count). The normalized spacial score (nSPS) is 12.2. The first-order valence-corrected chi connectivity index (χ1v) is 8.97. The number of H-pyrrole nitrogens is 1. The maximum absolute atomic E-state index is 13.5. The number of hydrogen-bond donors (Lipinski definition) is 2. The number of nitrogens with zero attached hydrogens (tertiary/aromatic N) is 3. The van der Waals surface area contributed by atoms with Crippen molar-refractivity contribution < 1.29 is 9.18 Å². The molecule has 0 saturated carbocycles. The second-order valence-electron chi connectivity index (χ2n) is 6.79. The summed E-state index contributed by atoms with van der Waals surface area (Å²) in [7, 11) is 0. The molecule has 1 atom stereocenters. The van der Waals surface area contributed by atoms with E-state index in [2.05, 4.69) is 20.6 Å². The fourth-order valence-electron chi connectivity index (χ4n) is 3.12. The molecule has 1 amide bonds. The van der Waals surface area contributed by atoms with E-state index in [1.807, 2.05) is 27.7 Å². The number of aryl methyl sites for hydroxylation is 2. The van der Waals surface area contributed by atoms with Crippen LogP contribution in [0.25, 0.3) is 5.69 Å². The Kier molecular flexibility index (Phi) is 5.39. The summed E-state index contributed by atoms with van der Waals surface area (Å²) in [5.74, 6) is -0.352. The van der Waals surface area contributed by atoms with E-state index < -0.39 is 0 Å². The second kappa shape index (κ2) is 7.73. The summed E-state index contributed by atoms with van der Waals surface area (Å²) in [4.78, 5) is 12.3. The highest BCUT2D eigenvalue weighted by atomic mass is 19.1. The van der Waals surface area contributed by atoms with E-state index in [0.717, 1.165) is 28.2 Å². The fraction of sp³-hybridized carbons (Fsp3) is 0.350. The van der Waals surface area contributed by atoms with Gasteiger partial charge in [0.25, 0.3) is 0 Å². The number of hydrogen-bond acceptors (Lipinski definition) is 3. The van der Waals surface area contributed by atoms with E-state index in [-0.39, 0.29) is 17.8 Å². The van der Waals surface area contributed by atoms with Gasteiger partial charge in [0, 0.05) is 29.8 Å². The summed E-state index contributed by atoms with van der Waals surface area (Å²) in [6.45, 7) is 7.79. The summed E-state index contributed by atoms with van der Waals surface area (Å²) in [6, 6.07) is 6.08. The van der Waals surface area contributed by atoms with Gasteiger partial charge in [0.15, 0.2) is 0 Å². The van der Waals surface area contributed by atoms with Crippen LogP contribution in [0.4, 0.5) is 4.39 Å². The zero-order valence-electron chi connectivity index (χ0n) is 16.0. The highest BCUT2D eigenvalue weighted by molar-refractivity contribution is 5.76. The van der Waals surface area contributed by atoms with Crippen molar-refractivity contribution in [1.29, 1.82) is 0 Å². The molecule has 1 aromatic carbocycles. The third-order valence-corrected chi connectivity index (χ3v) is 4.89. The minimum atomic E-state index is -0.311. The Morgan fingerprint density at radius 1 is 1.33 bits per heavy atom. The SMILES string of the molecule is Cc1[nH]nc(CCC(=O)NC(C)c2cnn(-c3cccc(F)c3)c2C)c1C. The summed E-state index contributed by atoms with van der Waals surface area (Å²) < 4.78 is 15.1. The van der Waals surface area contributed by atoms with Gasteiger partial charge in [-0.15, -0.1) is 0 Å². The molecule has 0 aliphatic rings. The maximum atomic E-state index is 13.5. The molecule has 1 unspecified atom stereocenters. The van der Waals surface area contributed by atoms with Crippen LogP contribution in [0.2, 0.25) is 0 Å². The lowest BCUT2D eigenvalue weighted by Gasteiger charge is -2.14. The van der Waals surface area contributed by atoms with E-state index in [9.17, 15) is 9.18 Å². The van der Waals surface area contributed by atoms with Crippen molar-refractivity contribution in [2.75, 3.05) is 0 Å². The average Bonchev–Trinajstić information content (AvgIpc) is 3.16. The van der Waals surface area contributed by atoms with Gasteiger partial charge in [-0.1, -0.05) is 6.07 Å². The summed E-state index contributed by atoms with van der Waals surface area (Å²) in [6.07, 6.45) is 2.68. The van der Waals surface area contributed by atoms with E-state index in [1.165, 1.54) is 12.1 Å². The summed E-state index contributed by atoms with van der Waals surface area (Å²) in [5.41, 5.74) is 5.47. The highest BCUT2D eigenvalue weighted by Crippen LogP contribution is 2.21. The third kappa shape index (κ3) is 4.07. The Bertz CT molecular complexity index is 959. The van der Waals surface area contributed by atoms with E-state index in [0.29, 0.717) is 18.5 Å². The van der Waals surface area contributed by atoms with Crippen molar-refractivity contribution in [3.63, 3.8) is 0 Å². The maximum Gasteiger partial charge on any atom is 0.220 e. The van der Waals surface area contributed by atoms with Crippen LogP contribution in [0.1, 0.15) is 47.6 Å². The van der Waals surface area contributed by atoms with Crippen molar-refractivity contribution >= 4 is 5.91 Å². The minimum Gasteiger partial charge on any atom is -0.349 e. The number of nitrogens with one attached hydrogen (secondary N) is 2. The van der Waals surface area contributed by atoms with Gasteiger partial charge in [0.05, 0.1) is 23.6 Å². The molecule has 0 saturated heterocycles. The zero-order chi connectivity index (χ0) is 19.6. The summed E-state index contributed by atoms with van der Waals surface area (Å²) >= 11 is 0. The first kappa shape index (κ1) is 18.8. The second-order valence-corrected chi connectivity index (χ2v) is 6.79. The van der Waals surface area contributed by atoms with Gasteiger partial charge in [-0.2, -0.15) is 10.2 Å². The Morgan fingerprint density at radius 2 is 2.11 bits per heavy atom. The molecule has 0 aliphatic carbocycles. The lowest BCUT2D eigenvalue weighted by atomic mass is 10.1. The van der Waals surface area contributed by atoms with Crippen LogP contribution in [-0.4, -0.2) is 25.9 Å². The Morgan fingerprint density at radius 3 is 2.78 bits per heavy atom. The lowest BCUT2D eigenvalue weighted by molar-refractivity contribution is -0.121. The number of carbonyl (C=O) groups excluding carboxylic acids is 1. The van der Waals surface area contributed by atoms with Crippen molar-refractivity contribution in [3.05, 3.63) is 64.5 Å². The van der Waals surface area contributed by atoms with E-state index >= 15 is 0 Å². The van der Waals surface area contributed by atoms with E-state index in [4.69, 9.17) is 0 Å². The number of rotatable bonds is 6. The first-order chi connectivity index (χ1) is 12.9. The van der Waals surface area contributed by atoms with Gasteiger partial charge >= 0.3 is 0 Å². The molecule has 2 N–H and O–H groups in total. The predicted molar refractivity (Wildman–Crippen MR) is 101 cm³/mol. The summed E-state index contributed by atoms with van der Waals surface area (Å²) in [5, 5.41) is 14.5. The van der Waals surface area contributed by atoms with Crippen molar-refractivity contribution in [2.45, 2.75) is 46.6 Å². The molecule has 0 spiro atoms.